The lowest BCUT2D eigenvalue weighted by Gasteiger charge is -2.10. The summed E-state index contributed by atoms with van der Waals surface area (Å²) in [6.45, 7) is 0. The molecule has 3 aromatic heterocycles. The van der Waals surface area contributed by atoms with Crippen molar-refractivity contribution in [1.29, 1.82) is 5.26 Å². The van der Waals surface area contributed by atoms with E-state index < -0.39 is 0 Å². The standard InChI is InChI=1S/C17H12N4/c18-6-1-13-11-16(14-2-7-19-8-3-14)17(21-12-13)15-4-9-20-10-5-15/h2-5,7-12H,1H2. The molecule has 3 heterocycles. The molecule has 0 atom stereocenters. The summed E-state index contributed by atoms with van der Waals surface area (Å²) < 4.78 is 0. The maximum absolute atomic E-state index is 8.87. The van der Waals surface area contributed by atoms with Crippen molar-refractivity contribution in [2.75, 3.05) is 0 Å². The van der Waals surface area contributed by atoms with Crippen molar-refractivity contribution in [3.05, 3.63) is 66.9 Å². The molecule has 0 saturated heterocycles. The van der Waals surface area contributed by atoms with Gasteiger partial charge in [-0.3, -0.25) is 15.0 Å². The fraction of sp³-hybridized carbons (Fsp3) is 0.0588. The minimum atomic E-state index is 0.349. The van der Waals surface area contributed by atoms with E-state index in [1.165, 1.54) is 0 Å². The zero-order valence-electron chi connectivity index (χ0n) is 11.3. The summed E-state index contributed by atoms with van der Waals surface area (Å²) in [4.78, 5) is 12.6. The van der Waals surface area contributed by atoms with Gasteiger partial charge in [-0.15, -0.1) is 0 Å². The Morgan fingerprint density at radius 3 is 2.14 bits per heavy atom. The smallest absolute Gasteiger partial charge is 0.0781 e. The van der Waals surface area contributed by atoms with Crippen molar-refractivity contribution in [1.82, 2.24) is 15.0 Å². The number of aromatic nitrogens is 3. The lowest BCUT2D eigenvalue weighted by Crippen LogP contribution is -1.93. The van der Waals surface area contributed by atoms with Gasteiger partial charge in [0.1, 0.15) is 0 Å². The zero-order valence-corrected chi connectivity index (χ0v) is 11.3. The van der Waals surface area contributed by atoms with E-state index in [1.54, 1.807) is 31.0 Å². The van der Waals surface area contributed by atoms with Crippen molar-refractivity contribution in [3.8, 4) is 28.5 Å². The van der Waals surface area contributed by atoms with Crippen molar-refractivity contribution in [3.63, 3.8) is 0 Å². The minimum absolute atomic E-state index is 0.349. The normalized spacial score (nSPS) is 10.0. The first-order valence-electron chi connectivity index (χ1n) is 6.55. The van der Waals surface area contributed by atoms with E-state index in [1.807, 2.05) is 30.3 Å². The third-order valence-electron chi connectivity index (χ3n) is 3.17. The van der Waals surface area contributed by atoms with E-state index in [0.717, 1.165) is 27.9 Å². The van der Waals surface area contributed by atoms with Crippen LogP contribution in [0.2, 0.25) is 0 Å². The molecule has 3 aromatic rings. The van der Waals surface area contributed by atoms with Crippen molar-refractivity contribution in [2.24, 2.45) is 0 Å². The van der Waals surface area contributed by atoms with Gasteiger partial charge in [-0.1, -0.05) is 0 Å². The van der Waals surface area contributed by atoms with Crippen LogP contribution in [0.1, 0.15) is 5.56 Å². The summed E-state index contributed by atoms with van der Waals surface area (Å²) >= 11 is 0. The monoisotopic (exact) mass is 272 g/mol. The quantitative estimate of drug-likeness (QED) is 0.734. The highest BCUT2D eigenvalue weighted by molar-refractivity contribution is 5.80. The van der Waals surface area contributed by atoms with Crippen molar-refractivity contribution >= 4 is 0 Å². The molecular formula is C17H12N4. The summed E-state index contributed by atoms with van der Waals surface area (Å²) in [6.07, 6.45) is 9.10. The Balaban J connectivity index is 2.18. The molecule has 0 bridgehead atoms. The van der Waals surface area contributed by atoms with Gasteiger partial charge in [0, 0.05) is 42.1 Å². The van der Waals surface area contributed by atoms with Crippen LogP contribution in [-0.4, -0.2) is 15.0 Å². The second-order valence-corrected chi connectivity index (χ2v) is 4.55. The molecule has 0 aliphatic heterocycles. The second-order valence-electron chi connectivity index (χ2n) is 4.55. The number of nitrogens with zero attached hydrogens (tertiary/aromatic N) is 4. The minimum Gasteiger partial charge on any atom is -0.265 e. The zero-order chi connectivity index (χ0) is 14.5. The van der Waals surface area contributed by atoms with E-state index >= 15 is 0 Å². The molecular weight excluding hydrogens is 260 g/mol. The Labute approximate surface area is 122 Å². The molecule has 0 unspecified atom stereocenters. The van der Waals surface area contributed by atoms with Crippen LogP contribution in [0.25, 0.3) is 22.4 Å². The first-order valence-corrected chi connectivity index (χ1v) is 6.55. The van der Waals surface area contributed by atoms with Crippen LogP contribution in [0.3, 0.4) is 0 Å². The largest absolute Gasteiger partial charge is 0.265 e. The summed E-state index contributed by atoms with van der Waals surface area (Å²) in [7, 11) is 0. The van der Waals surface area contributed by atoms with E-state index in [9.17, 15) is 0 Å². The molecule has 0 fully saturated rings. The van der Waals surface area contributed by atoms with Gasteiger partial charge in [-0.05, 0) is 41.5 Å². The predicted molar refractivity (Wildman–Crippen MR) is 80.0 cm³/mol. The number of pyridine rings is 3. The molecule has 4 heteroatoms. The number of nitriles is 1. The maximum Gasteiger partial charge on any atom is 0.0781 e. The first kappa shape index (κ1) is 12.9. The van der Waals surface area contributed by atoms with Gasteiger partial charge in [0.05, 0.1) is 18.2 Å². The molecule has 0 aromatic carbocycles. The van der Waals surface area contributed by atoms with Crippen LogP contribution < -0.4 is 0 Å². The van der Waals surface area contributed by atoms with Crippen LogP contribution in [0.15, 0.2) is 61.3 Å². The van der Waals surface area contributed by atoms with Gasteiger partial charge in [-0.25, -0.2) is 0 Å². The van der Waals surface area contributed by atoms with Crippen molar-refractivity contribution in [2.45, 2.75) is 6.42 Å². The maximum atomic E-state index is 8.87. The molecule has 100 valence electrons. The van der Waals surface area contributed by atoms with E-state index in [0.29, 0.717) is 6.42 Å². The van der Waals surface area contributed by atoms with Gasteiger partial charge >= 0.3 is 0 Å². The molecule has 0 N–H and O–H groups in total. The predicted octanol–water partition coefficient (Wildman–Crippen LogP) is 3.27. The average molecular weight is 272 g/mol. The summed E-state index contributed by atoms with van der Waals surface area (Å²) in [6, 6.07) is 11.9. The Hall–Kier alpha value is -3.06. The van der Waals surface area contributed by atoms with Gasteiger partial charge in [-0.2, -0.15) is 5.26 Å². The number of hydrogen-bond acceptors (Lipinski definition) is 4. The Bertz CT molecular complexity index is 777. The fourth-order valence-electron chi connectivity index (χ4n) is 2.19. The Morgan fingerprint density at radius 2 is 1.52 bits per heavy atom. The molecule has 4 nitrogen and oxygen atoms in total. The van der Waals surface area contributed by atoms with E-state index in [4.69, 9.17) is 5.26 Å². The Kier molecular flexibility index (Phi) is 3.66. The molecule has 0 aliphatic rings. The highest BCUT2D eigenvalue weighted by Crippen LogP contribution is 2.30. The molecule has 21 heavy (non-hydrogen) atoms. The number of hydrogen-bond donors (Lipinski definition) is 0. The van der Waals surface area contributed by atoms with Crippen LogP contribution in [0.4, 0.5) is 0 Å². The summed E-state index contributed by atoms with van der Waals surface area (Å²) in [5.74, 6) is 0. The average Bonchev–Trinajstić information content (AvgIpc) is 2.57. The molecule has 0 radical (unpaired) electrons. The third kappa shape index (κ3) is 2.77. The molecule has 3 rings (SSSR count). The topological polar surface area (TPSA) is 62.5 Å². The van der Waals surface area contributed by atoms with Gasteiger partial charge in [0.25, 0.3) is 0 Å². The second kappa shape index (κ2) is 5.93. The van der Waals surface area contributed by atoms with Crippen LogP contribution in [0, 0.1) is 11.3 Å². The highest BCUT2D eigenvalue weighted by Gasteiger charge is 2.10. The molecule has 0 saturated carbocycles. The molecule has 0 amide bonds. The SMILES string of the molecule is N#CCc1cnc(-c2ccncc2)c(-c2ccncc2)c1. The summed E-state index contributed by atoms with van der Waals surface area (Å²) in [5, 5.41) is 8.87. The van der Waals surface area contributed by atoms with Gasteiger partial charge in [0.15, 0.2) is 0 Å². The lowest BCUT2D eigenvalue weighted by atomic mass is 9.98. The molecule has 0 spiro atoms. The molecule has 0 aliphatic carbocycles. The fourth-order valence-corrected chi connectivity index (χ4v) is 2.19. The highest BCUT2D eigenvalue weighted by atomic mass is 14.7. The van der Waals surface area contributed by atoms with Crippen LogP contribution in [-0.2, 0) is 6.42 Å². The number of rotatable bonds is 3. The summed E-state index contributed by atoms with van der Waals surface area (Å²) in [5.41, 5.74) is 4.81. The third-order valence-corrected chi connectivity index (χ3v) is 3.17. The van der Waals surface area contributed by atoms with Crippen LogP contribution >= 0.6 is 0 Å². The van der Waals surface area contributed by atoms with Crippen LogP contribution in [0.5, 0.6) is 0 Å². The van der Waals surface area contributed by atoms with E-state index in [-0.39, 0.29) is 0 Å². The first-order chi connectivity index (χ1) is 10.4. The van der Waals surface area contributed by atoms with Gasteiger partial charge in [0.2, 0.25) is 0 Å². The van der Waals surface area contributed by atoms with Crippen molar-refractivity contribution < 1.29 is 0 Å². The Morgan fingerprint density at radius 1 is 0.905 bits per heavy atom. The van der Waals surface area contributed by atoms with E-state index in [2.05, 4.69) is 21.0 Å². The lowest BCUT2D eigenvalue weighted by molar-refractivity contribution is 1.19. The van der Waals surface area contributed by atoms with Gasteiger partial charge < -0.3 is 0 Å².